The summed E-state index contributed by atoms with van der Waals surface area (Å²) >= 11 is 0. The highest BCUT2D eigenvalue weighted by Crippen LogP contribution is 2.35. The molecule has 294 valence electrons. The van der Waals surface area contributed by atoms with E-state index in [1.807, 2.05) is 42.5 Å². The van der Waals surface area contributed by atoms with Crippen LogP contribution in [0, 0.1) is 5.82 Å². The molecule has 3 N–H and O–H groups in total. The Kier molecular flexibility index (Phi) is 14.6. The van der Waals surface area contributed by atoms with Gasteiger partial charge in [0, 0.05) is 57.9 Å². The van der Waals surface area contributed by atoms with Gasteiger partial charge < -0.3 is 43.5 Å². The number of hydrogen-bond donors (Lipinski definition) is 3. The molecular weight excluding hydrogens is 703 g/mol. The van der Waals surface area contributed by atoms with E-state index < -0.39 is 12.3 Å². The van der Waals surface area contributed by atoms with Crippen LogP contribution in [0.25, 0.3) is 0 Å². The maximum atomic E-state index is 13.8. The molecule has 2 fully saturated rings. The number of fused-ring (bicyclic) bond motifs is 1. The van der Waals surface area contributed by atoms with Gasteiger partial charge in [0.05, 0.1) is 50.1 Å². The van der Waals surface area contributed by atoms with Crippen molar-refractivity contribution in [1.29, 1.82) is 0 Å². The van der Waals surface area contributed by atoms with Crippen LogP contribution in [-0.4, -0.2) is 113 Å². The number of anilines is 2. The van der Waals surface area contributed by atoms with Crippen LogP contribution in [-0.2, 0) is 30.4 Å². The Morgan fingerprint density at radius 1 is 0.981 bits per heavy atom. The van der Waals surface area contributed by atoms with Gasteiger partial charge in [0.2, 0.25) is 0 Å². The predicted molar refractivity (Wildman–Crippen MR) is 196 cm³/mol. The molecule has 3 heterocycles. The summed E-state index contributed by atoms with van der Waals surface area (Å²) in [6, 6.07) is 20.6. The summed E-state index contributed by atoms with van der Waals surface area (Å²) < 4.78 is 49.2. The highest BCUT2D eigenvalue weighted by Gasteiger charge is 2.38. The minimum absolute atomic E-state index is 0.0457. The standard InChI is InChI=1S/C39H51FN4O10/c1-48-18-5-15-42-17-21-49-35-13-8-28(22-34(35)42)27-51-36-24-41-25-37(54-39(45)50-19-2-3-20-52-44(46)47)38(36)29-9-11-32(12-10-29)53-33-14-16-43(26-33)31-7-4-6-30(40)23-31/h4,6-13,22-23,33,36-38,41,46-47H,2-3,5,14-21,24-27H2,1H3. The summed E-state index contributed by atoms with van der Waals surface area (Å²) in [6.45, 7) is 5.82. The topological polar surface area (TPSA) is 144 Å². The van der Waals surface area contributed by atoms with Gasteiger partial charge in [-0.2, -0.15) is 0 Å². The van der Waals surface area contributed by atoms with Crippen molar-refractivity contribution in [3.05, 3.63) is 83.7 Å². The van der Waals surface area contributed by atoms with Gasteiger partial charge in [0.1, 0.15) is 36.1 Å². The SMILES string of the molecule is COCCCN1CCOc2ccc(COC3CNCC(OC(=O)OCCCCON(O)O)C3c3ccc(OC4CCN(c5cccc(F)c5)C4)cc3)cc21. The molecule has 4 atom stereocenters. The van der Waals surface area contributed by atoms with Gasteiger partial charge in [-0.15, -0.1) is 0 Å². The normalized spacial score (nSPS) is 21.1. The number of ether oxygens (including phenoxy) is 6. The fourth-order valence-electron chi connectivity index (χ4n) is 7.17. The van der Waals surface area contributed by atoms with E-state index >= 15 is 0 Å². The van der Waals surface area contributed by atoms with Crippen LogP contribution in [0.2, 0.25) is 0 Å². The van der Waals surface area contributed by atoms with Crippen LogP contribution < -0.4 is 24.6 Å². The zero-order valence-electron chi connectivity index (χ0n) is 30.6. The van der Waals surface area contributed by atoms with Crippen molar-refractivity contribution in [2.45, 2.75) is 56.5 Å². The minimum Gasteiger partial charge on any atom is -0.490 e. The van der Waals surface area contributed by atoms with Gasteiger partial charge in [-0.3, -0.25) is 15.3 Å². The Bertz CT molecular complexity index is 1620. The molecule has 0 aliphatic carbocycles. The monoisotopic (exact) mass is 754 g/mol. The molecule has 54 heavy (non-hydrogen) atoms. The average Bonchev–Trinajstić information content (AvgIpc) is 3.64. The quantitative estimate of drug-likeness (QED) is 0.0878. The number of carbonyl (C=O) groups is 1. The van der Waals surface area contributed by atoms with Gasteiger partial charge >= 0.3 is 6.16 Å². The van der Waals surface area contributed by atoms with Crippen LogP contribution in [0.4, 0.5) is 20.6 Å². The third-order valence-electron chi connectivity index (χ3n) is 9.81. The van der Waals surface area contributed by atoms with E-state index in [9.17, 15) is 9.18 Å². The Hall–Kier alpha value is -4.22. The number of piperidine rings is 1. The summed E-state index contributed by atoms with van der Waals surface area (Å²) in [4.78, 5) is 21.9. The first-order valence-corrected chi connectivity index (χ1v) is 18.6. The molecular formula is C39H51FN4O10. The molecule has 3 aromatic rings. The minimum atomic E-state index is -0.799. The summed E-state index contributed by atoms with van der Waals surface area (Å²) in [7, 11) is 1.71. The van der Waals surface area contributed by atoms with Crippen LogP contribution in [0.3, 0.4) is 0 Å². The highest BCUT2D eigenvalue weighted by molar-refractivity contribution is 5.61. The largest absolute Gasteiger partial charge is 0.508 e. The van der Waals surface area contributed by atoms with Crippen LogP contribution in [0.5, 0.6) is 11.5 Å². The zero-order valence-corrected chi connectivity index (χ0v) is 30.6. The molecule has 0 radical (unpaired) electrons. The molecule has 0 bridgehead atoms. The number of benzene rings is 3. The van der Waals surface area contributed by atoms with E-state index in [-0.39, 0.29) is 42.5 Å². The molecule has 6 rings (SSSR count). The van der Waals surface area contributed by atoms with Gasteiger partial charge in [-0.05, 0) is 72.9 Å². The number of hydrogen-bond acceptors (Lipinski definition) is 14. The molecule has 4 unspecified atom stereocenters. The smallest absolute Gasteiger partial charge is 0.490 e. The van der Waals surface area contributed by atoms with E-state index in [0.717, 1.165) is 60.7 Å². The van der Waals surface area contributed by atoms with Crippen LogP contribution in [0.1, 0.15) is 42.7 Å². The first kappa shape index (κ1) is 39.5. The number of nitrogens with one attached hydrogen (secondary N) is 1. The van der Waals surface area contributed by atoms with Crippen LogP contribution >= 0.6 is 0 Å². The molecule has 2 saturated heterocycles. The third kappa shape index (κ3) is 11.2. The van der Waals surface area contributed by atoms with Crippen molar-refractivity contribution in [3.63, 3.8) is 0 Å². The Morgan fingerprint density at radius 2 is 1.81 bits per heavy atom. The lowest BCUT2D eigenvalue weighted by atomic mass is 9.85. The zero-order chi connectivity index (χ0) is 37.7. The molecule has 0 amide bonds. The van der Waals surface area contributed by atoms with E-state index in [1.54, 1.807) is 19.2 Å². The number of rotatable bonds is 18. The number of carbonyl (C=O) groups excluding carboxylic acids is 1. The first-order valence-electron chi connectivity index (χ1n) is 18.6. The molecule has 0 aromatic heterocycles. The van der Waals surface area contributed by atoms with Crippen molar-refractivity contribution in [3.8, 4) is 11.5 Å². The summed E-state index contributed by atoms with van der Waals surface area (Å²) in [6.07, 6.45) is 0.822. The van der Waals surface area contributed by atoms with E-state index in [1.165, 1.54) is 6.07 Å². The second-order valence-electron chi connectivity index (χ2n) is 13.6. The van der Waals surface area contributed by atoms with E-state index in [4.69, 9.17) is 38.8 Å². The molecule has 14 nitrogen and oxygen atoms in total. The lowest BCUT2D eigenvalue weighted by molar-refractivity contribution is -0.492. The fraction of sp³-hybridized carbons (Fsp3) is 0.513. The maximum absolute atomic E-state index is 13.8. The summed E-state index contributed by atoms with van der Waals surface area (Å²) in [5.74, 6) is 0.992. The molecule has 3 aliphatic heterocycles. The molecule has 3 aromatic carbocycles. The molecule has 15 heteroatoms. The second-order valence-corrected chi connectivity index (χ2v) is 13.6. The van der Waals surface area contributed by atoms with Crippen molar-refractivity contribution < 1.29 is 52.9 Å². The van der Waals surface area contributed by atoms with Gasteiger partial charge in [-0.1, -0.05) is 24.3 Å². The van der Waals surface area contributed by atoms with E-state index in [2.05, 4.69) is 26.0 Å². The summed E-state index contributed by atoms with van der Waals surface area (Å²) in [5, 5.41) is 20.4. The highest BCUT2D eigenvalue weighted by atomic mass is 19.1. The molecule has 0 saturated carbocycles. The van der Waals surface area contributed by atoms with Gasteiger partial charge in [0.25, 0.3) is 0 Å². The number of methoxy groups -OCH3 is 1. The van der Waals surface area contributed by atoms with Gasteiger partial charge in [0.15, 0.2) is 0 Å². The number of unbranched alkanes of at least 4 members (excludes halogenated alkanes) is 1. The number of nitrogens with zero attached hydrogens (tertiary/aromatic N) is 3. The van der Waals surface area contributed by atoms with Crippen molar-refractivity contribution in [2.24, 2.45) is 0 Å². The van der Waals surface area contributed by atoms with Crippen molar-refractivity contribution >= 4 is 17.5 Å². The maximum Gasteiger partial charge on any atom is 0.508 e. The van der Waals surface area contributed by atoms with Crippen LogP contribution in [0.15, 0.2) is 66.7 Å². The fourth-order valence-corrected chi connectivity index (χ4v) is 7.17. The Labute approximate surface area is 315 Å². The lowest BCUT2D eigenvalue weighted by Crippen LogP contribution is -2.51. The average molecular weight is 755 g/mol. The van der Waals surface area contributed by atoms with Crippen molar-refractivity contribution in [2.75, 3.05) is 82.6 Å². The Morgan fingerprint density at radius 3 is 2.63 bits per heavy atom. The molecule has 3 aliphatic rings. The summed E-state index contributed by atoms with van der Waals surface area (Å²) in [5.41, 5.74) is 3.81. The van der Waals surface area contributed by atoms with E-state index in [0.29, 0.717) is 58.0 Å². The first-order chi connectivity index (χ1) is 26.4. The Balaban J connectivity index is 1.12. The van der Waals surface area contributed by atoms with Gasteiger partial charge in [-0.25, -0.2) is 9.18 Å². The molecule has 0 spiro atoms. The second kappa shape index (κ2) is 19.9. The predicted octanol–water partition coefficient (Wildman–Crippen LogP) is 5.30. The third-order valence-corrected chi connectivity index (χ3v) is 9.81. The number of halogens is 1. The lowest BCUT2D eigenvalue weighted by Gasteiger charge is -2.38. The van der Waals surface area contributed by atoms with Crippen molar-refractivity contribution in [1.82, 2.24) is 10.7 Å².